The molecule has 0 spiro atoms. The summed E-state index contributed by atoms with van der Waals surface area (Å²) >= 11 is 1.93. The third kappa shape index (κ3) is 9.67. The highest BCUT2D eigenvalue weighted by Gasteiger charge is 2.10. The number of nitrogens with zero attached hydrogens (tertiary/aromatic N) is 4. The number of ether oxygens (including phenoxy) is 1. The van der Waals surface area contributed by atoms with E-state index in [0.29, 0.717) is 19.7 Å². The van der Waals surface area contributed by atoms with Crippen molar-refractivity contribution in [2.45, 2.75) is 39.0 Å². The van der Waals surface area contributed by atoms with Gasteiger partial charge in [-0.3, -0.25) is 0 Å². The van der Waals surface area contributed by atoms with Gasteiger partial charge in [0.25, 0.3) is 0 Å². The van der Waals surface area contributed by atoms with E-state index >= 15 is 0 Å². The molecule has 0 saturated heterocycles. The SMILES string of the molecule is COCCNC(=NCc1nnc(C)n1C)NCCSC(C)(C)C.I. The number of guanidine groups is 1. The maximum Gasteiger partial charge on any atom is 0.191 e. The Bertz CT molecular complexity index is 501. The van der Waals surface area contributed by atoms with Gasteiger partial charge in [0.1, 0.15) is 12.4 Å². The summed E-state index contributed by atoms with van der Waals surface area (Å²) in [7, 11) is 3.64. The fourth-order valence-electron chi connectivity index (χ4n) is 1.71. The van der Waals surface area contributed by atoms with Gasteiger partial charge in [0.15, 0.2) is 11.8 Å². The Labute approximate surface area is 166 Å². The maximum absolute atomic E-state index is 5.07. The first-order valence-corrected chi connectivity index (χ1v) is 8.82. The number of aliphatic imine (C=N–C) groups is 1. The van der Waals surface area contributed by atoms with Crippen LogP contribution in [0.25, 0.3) is 0 Å². The predicted octanol–water partition coefficient (Wildman–Crippen LogP) is 1.95. The largest absolute Gasteiger partial charge is 0.383 e. The molecule has 140 valence electrons. The molecule has 7 nitrogen and oxygen atoms in total. The monoisotopic (exact) mass is 470 g/mol. The van der Waals surface area contributed by atoms with Crippen molar-refractivity contribution in [2.24, 2.45) is 12.0 Å². The van der Waals surface area contributed by atoms with Gasteiger partial charge in [0.2, 0.25) is 0 Å². The highest BCUT2D eigenvalue weighted by Crippen LogP contribution is 2.21. The van der Waals surface area contributed by atoms with Gasteiger partial charge in [-0.05, 0) is 6.92 Å². The first-order chi connectivity index (χ1) is 10.8. The van der Waals surface area contributed by atoms with Crippen molar-refractivity contribution in [1.29, 1.82) is 0 Å². The zero-order valence-electron chi connectivity index (χ0n) is 15.5. The van der Waals surface area contributed by atoms with Gasteiger partial charge in [-0.15, -0.1) is 34.2 Å². The predicted molar refractivity (Wildman–Crippen MR) is 112 cm³/mol. The molecule has 0 aliphatic rings. The Hall–Kier alpha value is -0.550. The lowest BCUT2D eigenvalue weighted by molar-refractivity contribution is 0.203. The van der Waals surface area contributed by atoms with Crippen molar-refractivity contribution in [3.8, 4) is 0 Å². The van der Waals surface area contributed by atoms with Crippen LogP contribution in [0.4, 0.5) is 0 Å². The van der Waals surface area contributed by atoms with Gasteiger partial charge in [0, 0.05) is 37.7 Å². The number of hydrogen-bond acceptors (Lipinski definition) is 5. The normalized spacial score (nSPS) is 12.0. The van der Waals surface area contributed by atoms with Crippen molar-refractivity contribution in [2.75, 3.05) is 32.6 Å². The molecule has 0 amide bonds. The third-order valence-corrected chi connectivity index (χ3v) is 4.36. The first kappa shape index (κ1) is 23.4. The number of nitrogens with one attached hydrogen (secondary N) is 2. The molecule has 1 aromatic heterocycles. The highest BCUT2D eigenvalue weighted by molar-refractivity contribution is 14.0. The van der Waals surface area contributed by atoms with Crippen LogP contribution in [0.5, 0.6) is 0 Å². The lowest BCUT2D eigenvalue weighted by atomic mass is 10.3. The van der Waals surface area contributed by atoms with Crippen molar-refractivity contribution >= 4 is 41.7 Å². The van der Waals surface area contributed by atoms with Crippen LogP contribution in [-0.2, 0) is 18.3 Å². The molecule has 0 radical (unpaired) electrons. The zero-order valence-corrected chi connectivity index (χ0v) is 18.7. The number of thioether (sulfide) groups is 1. The molecule has 1 heterocycles. The summed E-state index contributed by atoms with van der Waals surface area (Å²) in [6.45, 7) is 11.3. The first-order valence-electron chi connectivity index (χ1n) is 7.83. The molecule has 0 atom stereocenters. The van der Waals surface area contributed by atoms with E-state index in [1.807, 2.05) is 30.3 Å². The Balaban J connectivity index is 0.00000529. The van der Waals surface area contributed by atoms with Gasteiger partial charge in [-0.2, -0.15) is 11.8 Å². The minimum atomic E-state index is 0. The number of hydrogen-bond donors (Lipinski definition) is 2. The summed E-state index contributed by atoms with van der Waals surface area (Å²) in [5.41, 5.74) is 0. The average Bonchev–Trinajstić information content (AvgIpc) is 2.79. The fourth-order valence-corrected chi connectivity index (χ4v) is 2.53. The van der Waals surface area contributed by atoms with Crippen LogP contribution in [0.2, 0.25) is 0 Å². The molecule has 1 aromatic rings. The number of methoxy groups -OCH3 is 1. The molecule has 0 unspecified atom stereocenters. The van der Waals surface area contributed by atoms with E-state index in [0.717, 1.165) is 29.9 Å². The molecule has 0 aliphatic heterocycles. The molecule has 2 N–H and O–H groups in total. The van der Waals surface area contributed by atoms with E-state index < -0.39 is 0 Å². The second-order valence-corrected chi connectivity index (χ2v) is 8.12. The lowest BCUT2D eigenvalue weighted by Gasteiger charge is -2.18. The van der Waals surface area contributed by atoms with Gasteiger partial charge in [-0.1, -0.05) is 20.8 Å². The van der Waals surface area contributed by atoms with Crippen LogP contribution < -0.4 is 10.6 Å². The van der Waals surface area contributed by atoms with Gasteiger partial charge < -0.3 is 19.9 Å². The van der Waals surface area contributed by atoms with E-state index in [2.05, 4.69) is 46.6 Å². The number of halogens is 1. The minimum absolute atomic E-state index is 0. The third-order valence-electron chi connectivity index (χ3n) is 3.09. The van der Waals surface area contributed by atoms with E-state index in [1.165, 1.54) is 0 Å². The summed E-state index contributed by atoms with van der Waals surface area (Å²) in [6, 6.07) is 0. The van der Waals surface area contributed by atoms with Crippen molar-refractivity contribution in [3.63, 3.8) is 0 Å². The molecule has 0 aliphatic carbocycles. The van der Waals surface area contributed by atoms with E-state index in [9.17, 15) is 0 Å². The smallest absolute Gasteiger partial charge is 0.191 e. The molecule has 0 aromatic carbocycles. The van der Waals surface area contributed by atoms with E-state index in [-0.39, 0.29) is 28.7 Å². The summed E-state index contributed by atoms with van der Waals surface area (Å²) in [5.74, 6) is 3.53. The Morgan fingerprint density at radius 1 is 1.25 bits per heavy atom. The van der Waals surface area contributed by atoms with Gasteiger partial charge >= 0.3 is 0 Å². The van der Waals surface area contributed by atoms with Crippen LogP contribution in [0.15, 0.2) is 4.99 Å². The summed E-state index contributed by atoms with van der Waals surface area (Å²) in [5, 5.41) is 14.8. The van der Waals surface area contributed by atoms with Crippen LogP contribution >= 0.6 is 35.7 Å². The molecule has 0 bridgehead atoms. The van der Waals surface area contributed by atoms with Gasteiger partial charge in [-0.25, -0.2) is 4.99 Å². The molecule has 24 heavy (non-hydrogen) atoms. The lowest BCUT2D eigenvalue weighted by Crippen LogP contribution is -2.40. The Morgan fingerprint density at radius 3 is 2.46 bits per heavy atom. The van der Waals surface area contributed by atoms with Crippen molar-refractivity contribution < 1.29 is 4.74 Å². The van der Waals surface area contributed by atoms with Crippen LogP contribution in [-0.4, -0.2) is 58.0 Å². The molecule has 0 fully saturated rings. The second kappa shape index (κ2) is 11.9. The fraction of sp³-hybridized carbons (Fsp3) is 0.800. The van der Waals surface area contributed by atoms with E-state index in [1.54, 1.807) is 7.11 Å². The number of aromatic nitrogens is 3. The summed E-state index contributed by atoms with van der Waals surface area (Å²) < 4.78 is 7.30. The van der Waals surface area contributed by atoms with Crippen molar-refractivity contribution in [1.82, 2.24) is 25.4 Å². The van der Waals surface area contributed by atoms with Crippen molar-refractivity contribution in [3.05, 3.63) is 11.6 Å². The standard InChI is InChI=1S/C15H30N6OS.HI/c1-12-19-20-13(21(12)5)11-18-14(16-7-9-22-6)17-8-10-23-15(2,3)4;/h7-11H2,1-6H3,(H2,16,17,18);1H. The van der Waals surface area contributed by atoms with Crippen LogP contribution in [0.1, 0.15) is 32.4 Å². The Morgan fingerprint density at radius 2 is 1.92 bits per heavy atom. The number of aryl methyl sites for hydroxylation is 1. The molecule has 0 saturated carbocycles. The van der Waals surface area contributed by atoms with Gasteiger partial charge in [0.05, 0.1) is 6.61 Å². The van der Waals surface area contributed by atoms with Crippen LogP contribution in [0.3, 0.4) is 0 Å². The zero-order chi connectivity index (χ0) is 17.3. The average molecular weight is 470 g/mol. The molecule has 9 heteroatoms. The molecular formula is C15H31IN6OS. The quantitative estimate of drug-likeness (QED) is 0.262. The molecule has 1 rings (SSSR count). The Kier molecular flexibility index (Phi) is 11.6. The number of rotatable bonds is 8. The van der Waals surface area contributed by atoms with Crippen LogP contribution in [0, 0.1) is 6.92 Å². The minimum Gasteiger partial charge on any atom is -0.383 e. The maximum atomic E-state index is 5.07. The summed E-state index contributed by atoms with van der Waals surface area (Å²) in [4.78, 5) is 4.58. The summed E-state index contributed by atoms with van der Waals surface area (Å²) in [6.07, 6.45) is 0. The highest BCUT2D eigenvalue weighted by atomic mass is 127. The topological polar surface area (TPSA) is 76.4 Å². The van der Waals surface area contributed by atoms with E-state index in [4.69, 9.17) is 4.74 Å². The molecular weight excluding hydrogens is 439 g/mol. The second-order valence-electron chi connectivity index (χ2n) is 6.19.